The summed E-state index contributed by atoms with van der Waals surface area (Å²) in [6.07, 6.45) is 1.41. The molecule has 1 N–H and O–H groups in total. The second-order valence-electron chi connectivity index (χ2n) is 6.21. The minimum atomic E-state index is -0.551. The van der Waals surface area contributed by atoms with Gasteiger partial charge in [0, 0.05) is 20.7 Å². The van der Waals surface area contributed by atoms with Crippen LogP contribution < -0.4 is 10.1 Å². The molecule has 30 heavy (non-hydrogen) atoms. The van der Waals surface area contributed by atoms with Gasteiger partial charge in [-0.05, 0) is 48.0 Å². The zero-order valence-electron chi connectivity index (χ0n) is 15.5. The summed E-state index contributed by atoms with van der Waals surface area (Å²) < 4.78 is 6.76. The zero-order chi connectivity index (χ0) is 21.5. The maximum atomic E-state index is 12.6. The van der Waals surface area contributed by atoms with Crippen LogP contribution >= 0.6 is 39.1 Å². The standard InChI is InChI=1S/C23H15BrCl2N2O2/c24-18-6-8-20(9-7-18)28-23(29)17(13-27)10-16-11-19(25)12-21(26)22(16)30-14-15-4-2-1-3-5-15/h1-12H,14H2,(H,28,29)/b17-10+. The number of benzene rings is 3. The molecule has 3 rings (SSSR count). The summed E-state index contributed by atoms with van der Waals surface area (Å²) in [7, 11) is 0. The van der Waals surface area contributed by atoms with Gasteiger partial charge in [-0.25, -0.2) is 0 Å². The number of halogens is 3. The summed E-state index contributed by atoms with van der Waals surface area (Å²) in [6, 6.07) is 21.7. The van der Waals surface area contributed by atoms with Gasteiger partial charge in [-0.1, -0.05) is 69.5 Å². The zero-order valence-corrected chi connectivity index (χ0v) is 18.6. The van der Waals surface area contributed by atoms with Crippen molar-refractivity contribution in [2.45, 2.75) is 6.61 Å². The van der Waals surface area contributed by atoms with Crippen molar-refractivity contribution in [3.63, 3.8) is 0 Å². The molecule has 0 fully saturated rings. The van der Waals surface area contributed by atoms with Crippen LogP contribution in [-0.4, -0.2) is 5.91 Å². The fraction of sp³-hybridized carbons (Fsp3) is 0.0435. The Hall–Kier alpha value is -2.78. The molecule has 7 heteroatoms. The van der Waals surface area contributed by atoms with Gasteiger partial charge in [-0.15, -0.1) is 0 Å². The first-order valence-electron chi connectivity index (χ1n) is 8.81. The molecule has 4 nitrogen and oxygen atoms in total. The number of nitriles is 1. The van der Waals surface area contributed by atoms with E-state index in [-0.39, 0.29) is 17.2 Å². The number of rotatable bonds is 6. The third-order valence-electron chi connectivity index (χ3n) is 4.03. The smallest absolute Gasteiger partial charge is 0.266 e. The highest BCUT2D eigenvalue weighted by Gasteiger charge is 2.15. The van der Waals surface area contributed by atoms with E-state index in [1.807, 2.05) is 36.4 Å². The molecular weight excluding hydrogens is 487 g/mol. The van der Waals surface area contributed by atoms with Crippen LogP contribution in [0.15, 0.2) is 76.8 Å². The fourth-order valence-corrected chi connectivity index (χ4v) is 3.43. The van der Waals surface area contributed by atoms with E-state index >= 15 is 0 Å². The SMILES string of the molecule is N#C/C(=C\c1cc(Cl)cc(Cl)c1OCc1ccccc1)C(=O)Nc1ccc(Br)cc1. The topological polar surface area (TPSA) is 62.1 Å². The molecule has 1 amide bonds. The predicted octanol–water partition coefficient (Wildman–Crippen LogP) is 6.88. The van der Waals surface area contributed by atoms with Gasteiger partial charge in [0.1, 0.15) is 24.0 Å². The van der Waals surface area contributed by atoms with Crippen LogP contribution in [-0.2, 0) is 11.4 Å². The van der Waals surface area contributed by atoms with Gasteiger partial charge in [-0.2, -0.15) is 5.26 Å². The summed E-state index contributed by atoms with van der Waals surface area (Å²) in [5.41, 5.74) is 1.84. The molecule has 0 aliphatic carbocycles. The summed E-state index contributed by atoms with van der Waals surface area (Å²) in [5, 5.41) is 12.9. The minimum Gasteiger partial charge on any atom is -0.487 e. The first kappa shape index (κ1) is 21.9. The molecule has 0 saturated heterocycles. The fourth-order valence-electron chi connectivity index (χ4n) is 2.61. The van der Waals surface area contributed by atoms with Crippen LogP contribution in [0.25, 0.3) is 6.08 Å². The molecule has 0 atom stereocenters. The number of nitrogens with zero attached hydrogens (tertiary/aromatic N) is 1. The molecule has 0 radical (unpaired) electrons. The van der Waals surface area contributed by atoms with Crippen LogP contribution in [0, 0.1) is 11.3 Å². The van der Waals surface area contributed by atoms with E-state index in [1.165, 1.54) is 6.08 Å². The van der Waals surface area contributed by atoms with Crippen molar-refractivity contribution < 1.29 is 9.53 Å². The van der Waals surface area contributed by atoms with Crippen molar-refractivity contribution in [2.75, 3.05) is 5.32 Å². The van der Waals surface area contributed by atoms with Crippen LogP contribution in [0.3, 0.4) is 0 Å². The number of nitrogens with one attached hydrogen (secondary N) is 1. The Morgan fingerprint density at radius 3 is 2.47 bits per heavy atom. The highest BCUT2D eigenvalue weighted by Crippen LogP contribution is 2.34. The van der Waals surface area contributed by atoms with Gasteiger partial charge in [0.2, 0.25) is 0 Å². The molecule has 150 valence electrons. The lowest BCUT2D eigenvalue weighted by atomic mass is 10.1. The Balaban J connectivity index is 1.88. The second kappa shape index (κ2) is 10.3. The highest BCUT2D eigenvalue weighted by molar-refractivity contribution is 9.10. The maximum absolute atomic E-state index is 12.6. The molecule has 0 unspecified atom stereocenters. The van der Waals surface area contributed by atoms with Gasteiger partial charge >= 0.3 is 0 Å². The van der Waals surface area contributed by atoms with Gasteiger partial charge < -0.3 is 10.1 Å². The maximum Gasteiger partial charge on any atom is 0.266 e. The third-order valence-corrected chi connectivity index (χ3v) is 5.06. The quantitative estimate of drug-likeness (QED) is 0.295. The van der Waals surface area contributed by atoms with Gasteiger partial charge in [0.15, 0.2) is 0 Å². The van der Waals surface area contributed by atoms with Crippen LogP contribution in [0.2, 0.25) is 10.0 Å². The molecule has 0 aliphatic heterocycles. The first-order chi connectivity index (χ1) is 14.5. The highest BCUT2D eigenvalue weighted by atomic mass is 79.9. The summed E-state index contributed by atoms with van der Waals surface area (Å²) >= 11 is 15.8. The third kappa shape index (κ3) is 5.87. The van der Waals surface area contributed by atoms with E-state index in [1.54, 1.807) is 36.4 Å². The first-order valence-corrected chi connectivity index (χ1v) is 10.4. The lowest BCUT2D eigenvalue weighted by Gasteiger charge is -2.12. The van der Waals surface area contributed by atoms with Crippen molar-refractivity contribution in [1.82, 2.24) is 0 Å². The number of carbonyl (C=O) groups excluding carboxylic acids is 1. The number of amides is 1. The summed E-state index contributed by atoms with van der Waals surface area (Å²) in [6.45, 7) is 0.274. The van der Waals surface area contributed by atoms with Crippen molar-refractivity contribution in [2.24, 2.45) is 0 Å². The molecule has 0 saturated carbocycles. The van der Waals surface area contributed by atoms with E-state index in [0.717, 1.165) is 10.0 Å². The lowest BCUT2D eigenvalue weighted by molar-refractivity contribution is -0.112. The Morgan fingerprint density at radius 2 is 1.80 bits per heavy atom. The van der Waals surface area contributed by atoms with E-state index in [9.17, 15) is 10.1 Å². The lowest BCUT2D eigenvalue weighted by Crippen LogP contribution is -2.13. The molecule has 0 heterocycles. The minimum absolute atomic E-state index is 0.110. The van der Waals surface area contributed by atoms with Crippen LogP contribution in [0.1, 0.15) is 11.1 Å². The number of hydrogen-bond donors (Lipinski definition) is 1. The van der Waals surface area contributed by atoms with E-state index in [0.29, 0.717) is 22.0 Å². The van der Waals surface area contributed by atoms with E-state index in [2.05, 4.69) is 21.2 Å². The van der Waals surface area contributed by atoms with Crippen molar-refractivity contribution in [1.29, 1.82) is 5.26 Å². The molecule has 3 aromatic rings. The molecular formula is C23H15BrCl2N2O2. The number of anilines is 1. The molecule has 3 aromatic carbocycles. The van der Waals surface area contributed by atoms with Crippen molar-refractivity contribution in [3.8, 4) is 11.8 Å². The number of hydrogen-bond acceptors (Lipinski definition) is 3. The van der Waals surface area contributed by atoms with E-state index in [4.69, 9.17) is 27.9 Å². The Bertz CT molecular complexity index is 1120. The van der Waals surface area contributed by atoms with Crippen LogP contribution in [0.4, 0.5) is 5.69 Å². The largest absolute Gasteiger partial charge is 0.487 e. The molecule has 0 spiro atoms. The van der Waals surface area contributed by atoms with Crippen molar-refractivity contribution >= 4 is 56.8 Å². The molecule has 0 aromatic heterocycles. The van der Waals surface area contributed by atoms with Gasteiger partial charge in [0.05, 0.1) is 5.02 Å². The van der Waals surface area contributed by atoms with Gasteiger partial charge in [0.25, 0.3) is 5.91 Å². The van der Waals surface area contributed by atoms with Gasteiger partial charge in [-0.3, -0.25) is 4.79 Å². The Kier molecular flexibility index (Phi) is 7.53. The monoisotopic (exact) mass is 500 g/mol. The molecule has 0 bridgehead atoms. The number of carbonyl (C=O) groups is 1. The molecule has 0 aliphatic rings. The average molecular weight is 502 g/mol. The summed E-state index contributed by atoms with van der Waals surface area (Å²) in [4.78, 5) is 12.6. The van der Waals surface area contributed by atoms with E-state index < -0.39 is 5.91 Å². The average Bonchev–Trinajstić information content (AvgIpc) is 2.73. The van der Waals surface area contributed by atoms with Crippen molar-refractivity contribution in [3.05, 3.63) is 97.9 Å². The van der Waals surface area contributed by atoms with Crippen LogP contribution in [0.5, 0.6) is 5.75 Å². The normalized spacial score (nSPS) is 10.9. The number of ether oxygens (including phenoxy) is 1. The summed E-state index contributed by atoms with van der Waals surface area (Å²) in [5.74, 6) is -0.209. The Labute approximate surface area is 192 Å². The second-order valence-corrected chi connectivity index (χ2v) is 7.97. The Morgan fingerprint density at radius 1 is 1.10 bits per heavy atom. The predicted molar refractivity (Wildman–Crippen MR) is 124 cm³/mol.